The molecule has 0 bridgehead atoms. The van der Waals surface area contributed by atoms with Gasteiger partial charge in [-0.1, -0.05) is 43.7 Å². The third kappa shape index (κ3) is 5.63. The molecule has 3 aliphatic carbocycles. The lowest BCUT2D eigenvalue weighted by molar-refractivity contribution is -0.340. The third-order valence-corrected chi connectivity index (χ3v) is 9.10. The number of rotatable bonds is 5. The van der Waals surface area contributed by atoms with E-state index in [9.17, 15) is 23.4 Å². The molecule has 7 heteroatoms. The van der Waals surface area contributed by atoms with Crippen LogP contribution in [0.5, 0.6) is 0 Å². The van der Waals surface area contributed by atoms with Crippen molar-refractivity contribution in [1.29, 1.82) is 0 Å². The fourth-order valence-corrected chi connectivity index (χ4v) is 7.42. The Balaban J connectivity index is 1.39. The van der Waals surface area contributed by atoms with Crippen LogP contribution < -0.4 is 0 Å². The van der Waals surface area contributed by atoms with Crippen LogP contribution in [0.2, 0.25) is 0 Å². The van der Waals surface area contributed by atoms with Crippen LogP contribution in [0.1, 0.15) is 65.2 Å². The summed E-state index contributed by atoms with van der Waals surface area (Å²) in [5, 5.41) is 20.3. The average Bonchev–Trinajstić information content (AvgIpc) is 3.32. The minimum Gasteiger partial charge on any atom is -0.388 e. The maximum Gasteiger partial charge on any atom is 0.522 e. The molecule has 4 fully saturated rings. The topological polar surface area (TPSA) is 52.9 Å². The van der Waals surface area contributed by atoms with Gasteiger partial charge in [-0.2, -0.15) is 0 Å². The van der Waals surface area contributed by atoms with E-state index in [-0.39, 0.29) is 5.41 Å². The summed E-state index contributed by atoms with van der Waals surface area (Å²) in [5.74, 6) is 1.50. The largest absolute Gasteiger partial charge is 0.522 e. The van der Waals surface area contributed by atoms with E-state index in [1.54, 1.807) is 0 Å². The van der Waals surface area contributed by atoms with Crippen LogP contribution in [0.3, 0.4) is 0 Å². The van der Waals surface area contributed by atoms with E-state index in [1.807, 2.05) is 0 Å². The Morgan fingerprint density at radius 1 is 1.18 bits per heavy atom. The second-order valence-electron chi connectivity index (χ2n) is 11.4. The van der Waals surface area contributed by atoms with Crippen LogP contribution in [0.15, 0.2) is 35.5 Å². The van der Waals surface area contributed by atoms with E-state index in [1.165, 1.54) is 12.0 Å². The van der Waals surface area contributed by atoms with Gasteiger partial charge in [-0.3, -0.25) is 4.74 Å². The van der Waals surface area contributed by atoms with Crippen LogP contribution in [-0.2, 0) is 4.74 Å². The maximum atomic E-state index is 12.6. The number of aliphatic hydroxyl groups is 2. The molecule has 1 saturated heterocycles. The highest BCUT2D eigenvalue weighted by atomic mass is 19.4. The number of hydrogen-bond donors (Lipinski definition) is 2. The summed E-state index contributed by atoms with van der Waals surface area (Å²) in [7, 11) is 0. The summed E-state index contributed by atoms with van der Waals surface area (Å²) in [6, 6.07) is 0. The van der Waals surface area contributed by atoms with Gasteiger partial charge in [-0.25, -0.2) is 0 Å². The van der Waals surface area contributed by atoms with Crippen molar-refractivity contribution >= 4 is 0 Å². The Hall–Kier alpha value is -1.15. The molecule has 1 heterocycles. The van der Waals surface area contributed by atoms with Gasteiger partial charge in [-0.05, 0) is 80.1 Å². The highest BCUT2D eigenvalue weighted by Crippen LogP contribution is 2.59. The molecule has 4 nitrogen and oxygen atoms in total. The van der Waals surface area contributed by atoms with E-state index in [4.69, 9.17) is 0 Å². The summed E-state index contributed by atoms with van der Waals surface area (Å²) < 4.78 is 42.0. The molecular formula is C27H40F3NO3. The quantitative estimate of drug-likeness (QED) is 0.516. The second kappa shape index (κ2) is 10.1. The molecule has 1 aliphatic heterocycles. The minimum absolute atomic E-state index is 0.212. The van der Waals surface area contributed by atoms with Crippen LogP contribution in [0.25, 0.3) is 0 Å². The van der Waals surface area contributed by atoms with Crippen molar-refractivity contribution in [2.75, 3.05) is 19.6 Å². The molecule has 3 saturated carbocycles. The molecule has 192 valence electrons. The molecule has 0 radical (unpaired) electrons. The Labute approximate surface area is 201 Å². The number of halogens is 3. The molecule has 7 atom stereocenters. The summed E-state index contributed by atoms with van der Waals surface area (Å²) in [5.41, 5.74) is 3.27. The minimum atomic E-state index is -4.56. The van der Waals surface area contributed by atoms with Crippen LogP contribution in [0.4, 0.5) is 13.2 Å². The Kier molecular flexibility index (Phi) is 7.68. The number of aliphatic hydroxyl groups excluding tert-OH is 2. The Bertz CT molecular complexity index is 806. The standard InChI is InChI=1S/C27H40F3NO3/c1-17(15-31-12-10-21(16-31)34-27(28,29)30)22-8-9-23-20(5-4-11-26(22,23)3)7-6-19-13-24(32)18(2)25(33)14-19/h6-7,17,21-25,32-33H,2,4-5,8-16H2,1,3H3/b19-6-,20-7+/t17?,21-,22-,23+,24-,25+,26-/m1/s1. The third-order valence-electron chi connectivity index (χ3n) is 9.10. The van der Waals surface area contributed by atoms with E-state index in [0.29, 0.717) is 55.7 Å². The SMILES string of the molecule is C=C1[C@H](O)C/C(=C/C=C2\CCC[C@]3(C)[C@@H](C(C)CN4CC[C@@H](OC(F)(F)F)C4)CC[C@@H]23)C[C@@H]1O. The van der Waals surface area contributed by atoms with Gasteiger partial charge in [0.15, 0.2) is 0 Å². The van der Waals surface area contributed by atoms with Crippen molar-refractivity contribution < 1.29 is 28.1 Å². The zero-order valence-corrected chi connectivity index (χ0v) is 20.5. The molecule has 0 amide bonds. The Morgan fingerprint density at radius 2 is 1.88 bits per heavy atom. The first-order valence-corrected chi connectivity index (χ1v) is 12.9. The molecular weight excluding hydrogens is 443 g/mol. The highest BCUT2D eigenvalue weighted by molar-refractivity contribution is 5.29. The fraction of sp³-hybridized carbons (Fsp3) is 0.778. The number of hydrogen-bond acceptors (Lipinski definition) is 4. The molecule has 1 unspecified atom stereocenters. The van der Waals surface area contributed by atoms with Crippen LogP contribution in [-0.4, -0.2) is 59.4 Å². The summed E-state index contributed by atoms with van der Waals surface area (Å²) in [4.78, 5) is 2.15. The van der Waals surface area contributed by atoms with Crippen molar-refractivity contribution in [2.24, 2.45) is 23.2 Å². The average molecular weight is 484 g/mol. The second-order valence-corrected chi connectivity index (χ2v) is 11.4. The van der Waals surface area contributed by atoms with Crippen LogP contribution >= 0.6 is 0 Å². The molecule has 0 spiro atoms. The normalized spacial score (nSPS) is 40.8. The van der Waals surface area contributed by atoms with Gasteiger partial charge in [-0.15, -0.1) is 13.2 Å². The summed E-state index contributed by atoms with van der Waals surface area (Å²) in [6.07, 6.45) is 4.97. The van der Waals surface area contributed by atoms with Gasteiger partial charge in [0.05, 0.1) is 18.3 Å². The molecule has 0 aromatic heterocycles. The zero-order valence-electron chi connectivity index (χ0n) is 20.5. The Morgan fingerprint density at radius 3 is 2.56 bits per heavy atom. The van der Waals surface area contributed by atoms with Gasteiger partial charge < -0.3 is 15.1 Å². The number of alkyl halides is 3. The lowest BCUT2D eigenvalue weighted by atomic mass is 9.61. The van der Waals surface area contributed by atoms with Crippen molar-refractivity contribution in [3.63, 3.8) is 0 Å². The van der Waals surface area contributed by atoms with Crippen molar-refractivity contribution in [2.45, 2.75) is 89.9 Å². The predicted molar refractivity (Wildman–Crippen MR) is 126 cm³/mol. The molecule has 4 rings (SSSR count). The number of nitrogens with zero attached hydrogens (tertiary/aromatic N) is 1. The van der Waals surface area contributed by atoms with Crippen LogP contribution in [0, 0.1) is 23.2 Å². The molecule has 34 heavy (non-hydrogen) atoms. The van der Waals surface area contributed by atoms with Crippen molar-refractivity contribution in [3.8, 4) is 0 Å². The smallest absolute Gasteiger partial charge is 0.388 e. The van der Waals surface area contributed by atoms with E-state index >= 15 is 0 Å². The number of likely N-dealkylation sites (tertiary alicyclic amines) is 1. The monoisotopic (exact) mass is 483 g/mol. The maximum absolute atomic E-state index is 12.6. The number of ether oxygens (including phenoxy) is 1. The molecule has 0 aromatic carbocycles. The van der Waals surface area contributed by atoms with Crippen molar-refractivity contribution in [3.05, 3.63) is 35.5 Å². The van der Waals surface area contributed by atoms with Gasteiger partial charge in [0.1, 0.15) is 0 Å². The van der Waals surface area contributed by atoms with Gasteiger partial charge in [0, 0.05) is 19.6 Å². The summed E-state index contributed by atoms with van der Waals surface area (Å²) >= 11 is 0. The van der Waals surface area contributed by atoms with Gasteiger partial charge >= 0.3 is 6.36 Å². The lowest BCUT2D eigenvalue weighted by Crippen LogP contribution is -2.39. The predicted octanol–water partition coefficient (Wildman–Crippen LogP) is 5.37. The van der Waals surface area contributed by atoms with Gasteiger partial charge in [0.25, 0.3) is 0 Å². The highest BCUT2D eigenvalue weighted by Gasteiger charge is 2.51. The first-order chi connectivity index (χ1) is 16.0. The first kappa shape index (κ1) is 25.9. The van der Waals surface area contributed by atoms with E-state index in [2.05, 4.69) is 42.2 Å². The first-order valence-electron chi connectivity index (χ1n) is 12.9. The molecule has 2 N–H and O–H groups in total. The van der Waals surface area contributed by atoms with Gasteiger partial charge in [0.2, 0.25) is 0 Å². The van der Waals surface area contributed by atoms with Crippen molar-refractivity contribution in [1.82, 2.24) is 4.90 Å². The number of fused-ring (bicyclic) bond motifs is 1. The molecule has 4 aliphatic rings. The van der Waals surface area contributed by atoms with E-state index < -0.39 is 24.7 Å². The lowest BCUT2D eigenvalue weighted by Gasteiger charge is -2.45. The summed E-state index contributed by atoms with van der Waals surface area (Å²) in [6.45, 7) is 10.3. The fourth-order valence-electron chi connectivity index (χ4n) is 7.42. The number of allylic oxidation sites excluding steroid dienone is 3. The van der Waals surface area contributed by atoms with E-state index in [0.717, 1.165) is 37.8 Å². The zero-order chi connectivity index (χ0) is 24.7. The molecule has 0 aromatic rings.